The Bertz CT molecular complexity index is 1440. The van der Waals surface area contributed by atoms with Crippen LogP contribution in [0.25, 0.3) is 27.5 Å². The van der Waals surface area contributed by atoms with Crippen LogP contribution in [-0.2, 0) is 0 Å². The highest BCUT2D eigenvalue weighted by Crippen LogP contribution is 2.41. The number of thiazole rings is 1. The topological polar surface area (TPSA) is 38.6 Å². The molecule has 8 heteroatoms. The van der Waals surface area contributed by atoms with E-state index in [0.717, 1.165) is 29.0 Å². The molecule has 0 spiro atoms. The molecule has 1 N–H and O–H groups in total. The smallest absolute Gasteiger partial charge is 0.196 e. The van der Waals surface area contributed by atoms with Crippen molar-refractivity contribution in [3.05, 3.63) is 88.3 Å². The molecule has 0 saturated carbocycles. The predicted octanol–water partition coefficient (Wildman–Crippen LogP) is 7.72. The Hall–Kier alpha value is -3.42. The van der Waals surface area contributed by atoms with E-state index < -0.39 is 11.6 Å². The number of ether oxygens (including phenoxy) is 1. The number of nitrogens with zero attached hydrogens (tertiary/aromatic N) is 2. The Balaban J connectivity index is 1.81. The fourth-order valence-corrected chi connectivity index (χ4v) is 4.93. The maximum absolute atomic E-state index is 15.1. The summed E-state index contributed by atoms with van der Waals surface area (Å²) in [6, 6.07) is 17.6. The van der Waals surface area contributed by atoms with Gasteiger partial charge in [-0.05, 0) is 24.1 Å². The lowest BCUT2D eigenvalue weighted by atomic mass is 10.1. The van der Waals surface area contributed by atoms with E-state index in [1.807, 2.05) is 59.2 Å². The van der Waals surface area contributed by atoms with Crippen molar-refractivity contribution in [2.24, 2.45) is 0 Å². The Morgan fingerprint density at radius 3 is 2.42 bits per heavy atom. The van der Waals surface area contributed by atoms with Gasteiger partial charge < -0.3 is 10.1 Å². The van der Waals surface area contributed by atoms with Gasteiger partial charge in [0.25, 0.3) is 0 Å². The first-order chi connectivity index (χ1) is 16.0. The summed E-state index contributed by atoms with van der Waals surface area (Å²) in [4.78, 5) is 5.21. The van der Waals surface area contributed by atoms with E-state index in [4.69, 9.17) is 16.3 Å². The summed E-state index contributed by atoms with van der Waals surface area (Å²) in [6.07, 6.45) is 0. The monoisotopic (exact) mass is 481 g/mol. The number of anilines is 2. The summed E-state index contributed by atoms with van der Waals surface area (Å²) < 4.78 is 37.1. The lowest BCUT2D eigenvalue weighted by Gasteiger charge is -2.14. The quantitative estimate of drug-likeness (QED) is 0.279. The highest BCUT2D eigenvalue weighted by atomic mass is 35.5. The molecule has 0 amide bonds. The number of aryl methyl sites for hydroxylation is 1. The maximum Gasteiger partial charge on any atom is 0.196 e. The van der Waals surface area contributed by atoms with Crippen molar-refractivity contribution >= 4 is 39.4 Å². The van der Waals surface area contributed by atoms with E-state index in [9.17, 15) is 0 Å². The molecule has 4 nitrogen and oxygen atoms in total. The molecular formula is C25H18ClF2N3OS. The van der Waals surface area contributed by atoms with Crippen LogP contribution < -0.4 is 10.1 Å². The Morgan fingerprint density at radius 2 is 1.76 bits per heavy atom. The third kappa shape index (κ3) is 3.73. The second kappa shape index (κ2) is 8.50. The van der Waals surface area contributed by atoms with Crippen molar-refractivity contribution < 1.29 is 13.5 Å². The van der Waals surface area contributed by atoms with Crippen molar-refractivity contribution in [1.29, 1.82) is 0 Å². The van der Waals surface area contributed by atoms with Gasteiger partial charge in [0.15, 0.2) is 4.96 Å². The van der Waals surface area contributed by atoms with E-state index >= 15 is 8.78 Å². The summed E-state index contributed by atoms with van der Waals surface area (Å²) in [5.41, 5.74) is 3.23. The third-order valence-corrected chi connectivity index (χ3v) is 6.53. The zero-order valence-electron chi connectivity index (χ0n) is 17.7. The molecule has 0 fully saturated rings. The Morgan fingerprint density at radius 1 is 1.03 bits per heavy atom. The molecule has 2 heterocycles. The molecule has 5 rings (SSSR count). The van der Waals surface area contributed by atoms with Crippen molar-refractivity contribution in [3.63, 3.8) is 0 Å². The zero-order valence-corrected chi connectivity index (χ0v) is 19.3. The predicted molar refractivity (Wildman–Crippen MR) is 130 cm³/mol. The molecule has 0 radical (unpaired) electrons. The molecule has 0 saturated heterocycles. The normalized spacial score (nSPS) is 11.2. The van der Waals surface area contributed by atoms with Crippen LogP contribution in [0.15, 0.2) is 66.0 Å². The van der Waals surface area contributed by atoms with Crippen LogP contribution in [0, 0.1) is 18.6 Å². The van der Waals surface area contributed by atoms with E-state index in [-0.39, 0.29) is 17.0 Å². The number of hydrogen-bond donors (Lipinski definition) is 1. The Kier molecular flexibility index (Phi) is 5.52. The van der Waals surface area contributed by atoms with Gasteiger partial charge in [-0.3, -0.25) is 4.40 Å². The van der Waals surface area contributed by atoms with Gasteiger partial charge in [-0.15, -0.1) is 11.3 Å². The number of hydrogen-bond acceptors (Lipinski definition) is 4. The van der Waals surface area contributed by atoms with Crippen LogP contribution in [0.2, 0.25) is 5.02 Å². The zero-order chi connectivity index (χ0) is 23.1. The first kappa shape index (κ1) is 21.4. The average molecular weight is 482 g/mol. The van der Waals surface area contributed by atoms with Gasteiger partial charge in [0.1, 0.15) is 28.9 Å². The SMILES string of the molecule is COc1cc(F)c(-c2nc3scc(-c4ccccc4)n3c2Nc2c(C)cccc2Cl)c(F)c1. The van der Waals surface area contributed by atoms with Crippen molar-refractivity contribution in [3.8, 4) is 28.3 Å². The van der Waals surface area contributed by atoms with Crippen LogP contribution in [-0.4, -0.2) is 16.5 Å². The second-order valence-corrected chi connectivity index (χ2v) is 8.68. The number of aromatic nitrogens is 2. The molecule has 3 aromatic carbocycles. The van der Waals surface area contributed by atoms with Crippen molar-refractivity contribution in [2.45, 2.75) is 6.92 Å². The molecule has 5 aromatic rings. The summed E-state index contributed by atoms with van der Waals surface area (Å²) in [5.74, 6) is -1.02. The number of methoxy groups -OCH3 is 1. The molecule has 2 aromatic heterocycles. The summed E-state index contributed by atoms with van der Waals surface area (Å²) in [5, 5.41) is 5.77. The van der Waals surface area contributed by atoms with Gasteiger partial charge in [0.05, 0.1) is 29.1 Å². The van der Waals surface area contributed by atoms with Gasteiger partial charge in [-0.25, -0.2) is 13.8 Å². The van der Waals surface area contributed by atoms with Crippen molar-refractivity contribution in [1.82, 2.24) is 9.38 Å². The summed E-state index contributed by atoms with van der Waals surface area (Å²) in [6.45, 7) is 1.91. The van der Waals surface area contributed by atoms with Crippen LogP contribution in [0.4, 0.5) is 20.3 Å². The number of benzene rings is 3. The van der Waals surface area contributed by atoms with Crippen LogP contribution in [0.5, 0.6) is 5.75 Å². The number of para-hydroxylation sites is 1. The first-order valence-electron chi connectivity index (χ1n) is 10.1. The molecule has 0 atom stereocenters. The van der Waals surface area contributed by atoms with Crippen molar-refractivity contribution in [2.75, 3.05) is 12.4 Å². The number of nitrogens with one attached hydrogen (secondary N) is 1. The molecule has 166 valence electrons. The molecule has 0 aliphatic heterocycles. The van der Waals surface area contributed by atoms with E-state index in [1.165, 1.54) is 18.4 Å². The number of fused-ring (bicyclic) bond motifs is 1. The van der Waals surface area contributed by atoms with Gasteiger partial charge in [0.2, 0.25) is 0 Å². The van der Waals surface area contributed by atoms with Gasteiger partial charge in [-0.1, -0.05) is 54.1 Å². The van der Waals surface area contributed by atoms with E-state index in [2.05, 4.69) is 10.3 Å². The van der Waals surface area contributed by atoms with Crippen LogP contribution >= 0.6 is 22.9 Å². The van der Waals surface area contributed by atoms with E-state index in [0.29, 0.717) is 21.5 Å². The van der Waals surface area contributed by atoms with Gasteiger partial charge in [-0.2, -0.15) is 0 Å². The Labute approximate surface area is 198 Å². The molecule has 0 bridgehead atoms. The van der Waals surface area contributed by atoms with Gasteiger partial charge in [0, 0.05) is 17.5 Å². The molecule has 0 unspecified atom stereocenters. The second-order valence-electron chi connectivity index (χ2n) is 7.44. The minimum Gasteiger partial charge on any atom is -0.497 e. The van der Waals surface area contributed by atoms with Crippen LogP contribution in [0.1, 0.15) is 5.56 Å². The first-order valence-corrected chi connectivity index (χ1v) is 11.3. The number of halogens is 3. The summed E-state index contributed by atoms with van der Waals surface area (Å²) >= 11 is 7.86. The van der Waals surface area contributed by atoms with Gasteiger partial charge >= 0.3 is 0 Å². The minimum absolute atomic E-state index is 0.0937. The van der Waals surface area contributed by atoms with Crippen LogP contribution in [0.3, 0.4) is 0 Å². The number of rotatable bonds is 5. The highest BCUT2D eigenvalue weighted by Gasteiger charge is 2.25. The average Bonchev–Trinajstić information content (AvgIpc) is 3.36. The third-order valence-electron chi connectivity index (χ3n) is 5.39. The number of imidazole rings is 1. The lowest BCUT2D eigenvalue weighted by molar-refractivity contribution is 0.407. The standard InChI is InChI=1S/C25H18ClF2N3OS/c1-14-7-6-10-17(26)22(14)29-24-23(21-18(27)11-16(32-2)12-19(21)28)30-25-31(24)20(13-33-25)15-8-4-3-5-9-15/h3-13,29H,1-2H3. The minimum atomic E-state index is -0.766. The van der Waals surface area contributed by atoms with E-state index in [1.54, 1.807) is 6.07 Å². The fourth-order valence-electron chi connectivity index (χ4n) is 3.76. The maximum atomic E-state index is 15.1. The molecule has 0 aliphatic carbocycles. The molecular weight excluding hydrogens is 464 g/mol. The molecule has 0 aliphatic rings. The molecule has 33 heavy (non-hydrogen) atoms. The lowest BCUT2D eigenvalue weighted by Crippen LogP contribution is -2.02. The summed E-state index contributed by atoms with van der Waals surface area (Å²) in [7, 11) is 1.36. The fraction of sp³-hybridized carbons (Fsp3) is 0.0800. The largest absolute Gasteiger partial charge is 0.497 e. The highest BCUT2D eigenvalue weighted by molar-refractivity contribution is 7.15.